The molecular weight excluding hydrogens is 381 g/mol. The highest BCUT2D eigenvalue weighted by molar-refractivity contribution is 5.94. The molecular formula is C23H26FN5O. The molecule has 6 nitrogen and oxygen atoms in total. The first-order valence-electron chi connectivity index (χ1n) is 10.3. The molecule has 0 radical (unpaired) electrons. The number of amides is 1. The SMILES string of the molecule is Cn1nc(C(=O)NCc2ccc(F)cc2)c2c1CC[C@@H](NCCc1cccnc1)C2. The molecule has 0 fully saturated rings. The van der Waals surface area contributed by atoms with Gasteiger partial charge in [0.2, 0.25) is 0 Å². The van der Waals surface area contributed by atoms with Gasteiger partial charge in [-0.25, -0.2) is 4.39 Å². The van der Waals surface area contributed by atoms with Gasteiger partial charge in [-0.2, -0.15) is 5.10 Å². The minimum Gasteiger partial charge on any atom is -0.347 e. The molecule has 0 spiro atoms. The van der Waals surface area contributed by atoms with Gasteiger partial charge in [0.1, 0.15) is 5.82 Å². The van der Waals surface area contributed by atoms with E-state index in [4.69, 9.17) is 0 Å². The first-order valence-corrected chi connectivity index (χ1v) is 10.3. The van der Waals surface area contributed by atoms with Crippen LogP contribution in [0.2, 0.25) is 0 Å². The second-order valence-corrected chi connectivity index (χ2v) is 7.71. The minimum absolute atomic E-state index is 0.188. The van der Waals surface area contributed by atoms with Gasteiger partial charge >= 0.3 is 0 Å². The smallest absolute Gasteiger partial charge is 0.272 e. The number of carbonyl (C=O) groups is 1. The van der Waals surface area contributed by atoms with Crippen LogP contribution in [-0.4, -0.2) is 33.3 Å². The van der Waals surface area contributed by atoms with Crippen molar-refractivity contribution in [2.45, 2.75) is 38.3 Å². The van der Waals surface area contributed by atoms with E-state index in [1.54, 1.807) is 18.3 Å². The van der Waals surface area contributed by atoms with Gasteiger partial charge in [0.05, 0.1) is 0 Å². The molecule has 1 amide bonds. The van der Waals surface area contributed by atoms with Crippen molar-refractivity contribution in [2.24, 2.45) is 7.05 Å². The Kier molecular flexibility index (Phi) is 6.18. The number of halogens is 1. The third-order valence-electron chi connectivity index (χ3n) is 5.61. The predicted octanol–water partition coefficient (Wildman–Crippen LogP) is 2.57. The summed E-state index contributed by atoms with van der Waals surface area (Å²) in [6.07, 6.45) is 7.31. The molecule has 0 saturated carbocycles. The van der Waals surface area contributed by atoms with Gasteiger partial charge in [0, 0.05) is 43.3 Å². The molecule has 3 aromatic rings. The molecule has 0 bridgehead atoms. The topological polar surface area (TPSA) is 71.8 Å². The Morgan fingerprint density at radius 1 is 1.23 bits per heavy atom. The number of carbonyl (C=O) groups excluding carboxylic acids is 1. The number of hydrogen-bond donors (Lipinski definition) is 2. The number of fused-ring (bicyclic) bond motifs is 1. The van der Waals surface area contributed by atoms with Crippen molar-refractivity contribution < 1.29 is 9.18 Å². The van der Waals surface area contributed by atoms with E-state index in [1.165, 1.54) is 17.7 Å². The van der Waals surface area contributed by atoms with Crippen LogP contribution in [0.15, 0.2) is 48.8 Å². The number of benzene rings is 1. The van der Waals surface area contributed by atoms with Crippen LogP contribution in [0.25, 0.3) is 0 Å². The van der Waals surface area contributed by atoms with Crippen LogP contribution >= 0.6 is 0 Å². The van der Waals surface area contributed by atoms with E-state index < -0.39 is 0 Å². The third kappa shape index (κ3) is 4.74. The molecule has 0 saturated heterocycles. The molecule has 1 aliphatic rings. The number of pyridine rings is 1. The summed E-state index contributed by atoms with van der Waals surface area (Å²) >= 11 is 0. The normalized spacial score (nSPS) is 15.6. The van der Waals surface area contributed by atoms with Crippen LogP contribution in [0, 0.1) is 5.82 Å². The van der Waals surface area contributed by atoms with Crippen molar-refractivity contribution in [3.8, 4) is 0 Å². The third-order valence-corrected chi connectivity index (χ3v) is 5.61. The molecule has 1 aliphatic carbocycles. The average molecular weight is 407 g/mol. The lowest BCUT2D eigenvalue weighted by Gasteiger charge is -2.24. The summed E-state index contributed by atoms with van der Waals surface area (Å²) in [5.74, 6) is -0.474. The molecule has 1 atom stereocenters. The monoisotopic (exact) mass is 407 g/mol. The molecule has 156 valence electrons. The Hall–Kier alpha value is -3.06. The average Bonchev–Trinajstić information content (AvgIpc) is 3.10. The van der Waals surface area contributed by atoms with Crippen LogP contribution in [0.5, 0.6) is 0 Å². The van der Waals surface area contributed by atoms with Gasteiger partial charge in [-0.15, -0.1) is 0 Å². The molecule has 30 heavy (non-hydrogen) atoms. The quantitative estimate of drug-likeness (QED) is 0.632. The Balaban J connectivity index is 1.37. The van der Waals surface area contributed by atoms with Crippen LogP contribution in [0.1, 0.15) is 39.3 Å². The highest BCUT2D eigenvalue weighted by Crippen LogP contribution is 2.24. The number of hydrogen-bond acceptors (Lipinski definition) is 4. The van der Waals surface area contributed by atoms with Crippen molar-refractivity contribution in [1.29, 1.82) is 0 Å². The largest absolute Gasteiger partial charge is 0.347 e. The fourth-order valence-corrected chi connectivity index (χ4v) is 3.98. The standard InChI is InChI=1S/C23H26FN5O/c1-29-21-9-8-19(26-12-10-16-3-2-11-25-14-16)13-20(21)22(28-29)23(30)27-15-17-4-6-18(24)7-5-17/h2-7,11,14,19,26H,8-10,12-13,15H2,1H3,(H,27,30)/t19-/m1/s1. The Bertz CT molecular complexity index is 1000. The van der Waals surface area contributed by atoms with E-state index in [0.29, 0.717) is 18.3 Å². The van der Waals surface area contributed by atoms with Gasteiger partial charge in [-0.05, 0) is 61.6 Å². The van der Waals surface area contributed by atoms with Gasteiger partial charge in [-0.1, -0.05) is 18.2 Å². The summed E-state index contributed by atoms with van der Waals surface area (Å²) in [6, 6.07) is 10.5. The summed E-state index contributed by atoms with van der Waals surface area (Å²) in [5.41, 5.74) is 4.72. The Morgan fingerprint density at radius 3 is 2.83 bits per heavy atom. The van der Waals surface area contributed by atoms with Crippen LogP contribution in [0.4, 0.5) is 4.39 Å². The van der Waals surface area contributed by atoms with Gasteiger partial charge in [0.25, 0.3) is 5.91 Å². The highest BCUT2D eigenvalue weighted by atomic mass is 19.1. The molecule has 7 heteroatoms. The zero-order valence-electron chi connectivity index (χ0n) is 17.1. The molecule has 2 aromatic heterocycles. The first-order chi connectivity index (χ1) is 14.6. The molecule has 4 rings (SSSR count). The van der Waals surface area contributed by atoms with Crippen LogP contribution < -0.4 is 10.6 Å². The number of rotatable bonds is 7. The van der Waals surface area contributed by atoms with Crippen LogP contribution in [-0.2, 0) is 32.9 Å². The summed E-state index contributed by atoms with van der Waals surface area (Å²) in [6.45, 7) is 1.22. The second-order valence-electron chi connectivity index (χ2n) is 7.71. The van der Waals surface area contributed by atoms with Crippen molar-refractivity contribution >= 4 is 5.91 Å². The van der Waals surface area contributed by atoms with Gasteiger partial charge in [0.15, 0.2) is 5.69 Å². The fraction of sp³-hybridized carbons (Fsp3) is 0.348. The maximum atomic E-state index is 13.1. The molecule has 0 unspecified atom stereocenters. The summed E-state index contributed by atoms with van der Waals surface area (Å²) < 4.78 is 14.9. The highest BCUT2D eigenvalue weighted by Gasteiger charge is 2.28. The van der Waals surface area contributed by atoms with E-state index in [-0.39, 0.29) is 11.7 Å². The van der Waals surface area contributed by atoms with Crippen molar-refractivity contribution in [3.63, 3.8) is 0 Å². The predicted molar refractivity (Wildman–Crippen MR) is 113 cm³/mol. The number of aryl methyl sites for hydroxylation is 1. The van der Waals surface area contributed by atoms with E-state index in [1.807, 2.05) is 24.0 Å². The molecule has 2 heterocycles. The molecule has 2 N–H and O–H groups in total. The number of nitrogens with one attached hydrogen (secondary N) is 2. The summed E-state index contributed by atoms with van der Waals surface area (Å²) in [4.78, 5) is 16.9. The first kappa shape index (κ1) is 20.2. The maximum absolute atomic E-state index is 13.1. The zero-order valence-corrected chi connectivity index (χ0v) is 17.1. The van der Waals surface area contributed by atoms with E-state index in [9.17, 15) is 9.18 Å². The molecule has 1 aromatic carbocycles. The fourth-order valence-electron chi connectivity index (χ4n) is 3.98. The summed E-state index contributed by atoms with van der Waals surface area (Å²) in [7, 11) is 1.89. The lowest BCUT2D eigenvalue weighted by Crippen LogP contribution is -2.36. The minimum atomic E-state index is -0.286. The van der Waals surface area contributed by atoms with Crippen molar-refractivity contribution in [3.05, 3.63) is 82.7 Å². The van der Waals surface area contributed by atoms with E-state index in [0.717, 1.165) is 49.0 Å². The number of nitrogens with zero attached hydrogens (tertiary/aromatic N) is 3. The number of aromatic nitrogens is 3. The van der Waals surface area contributed by atoms with Gasteiger partial charge < -0.3 is 10.6 Å². The Labute approximate surface area is 175 Å². The lowest BCUT2D eigenvalue weighted by atomic mass is 9.91. The van der Waals surface area contributed by atoms with Crippen molar-refractivity contribution in [2.75, 3.05) is 6.54 Å². The summed E-state index contributed by atoms with van der Waals surface area (Å²) in [5, 5.41) is 11.0. The molecule has 0 aliphatic heterocycles. The zero-order chi connectivity index (χ0) is 20.9. The maximum Gasteiger partial charge on any atom is 0.272 e. The van der Waals surface area contributed by atoms with E-state index >= 15 is 0 Å². The Morgan fingerprint density at radius 2 is 2.07 bits per heavy atom. The van der Waals surface area contributed by atoms with E-state index in [2.05, 4.69) is 26.8 Å². The van der Waals surface area contributed by atoms with Crippen LogP contribution in [0.3, 0.4) is 0 Å². The van der Waals surface area contributed by atoms with Crippen molar-refractivity contribution in [1.82, 2.24) is 25.4 Å². The second kappa shape index (κ2) is 9.17. The van der Waals surface area contributed by atoms with Gasteiger partial charge in [-0.3, -0.25) is 14.5 Å². The lowest BCUT2D eigenvalue weighted by molar-refractivity contribution is 0.0944.